The molecule has 0 unspecified atom stereocenters. The zero-order chi connectivity index (χ0) is 29.4. The molecule has 14 nitrogen and oxygen atoms in total. The van der Waals surface area contributed by atoms with Crippen LogP contribution in [0.2, 0.25) is 0 Å². The molecule has 10 atom stereocenters. The predicted molar refractivity (Wildman–Crippen MR) is 127 cm³/mol. The van der Waals surface area contributed by atoms with Crippen LogP contribution in [0.4, 0.5) is 0 Å². The molecule has 220 valence electrons. The van der Waals surface area contributed by atoms with Gasteiger partial charge in [-0.3, -0.25) is 24.0 Å². The number of hydrogen-bond acceptors (Lipinski definition) is 14. The Morgan fingerprint density at radius 2 is 1.26 bits per heavy atom. The first-order chi connectivity index (χ1) is 18.2. The quantitative estimate of drug-likeness (QED) is 0.197. The van der Waals surface area contributed by atoms with Gasteiger partial charge in [0.1, 0.15) is 24.4 Å². The van der Waals surface area contributed by atoms with E-state index in [2.05, 4.69) is 6.58 Å². The zero-order valence-corrected chi connectivity index (χ0v) is 23.0. The highest BCUT2D eigenvalue weighted by Crippen LogP contribution is 2.36. The van der Waals surface area contributed by atoms with Crippen molar-refractivity contribution in [2.75, 3.05) is 6.61 Å². The van der Waals surface area contributed by atoms with Gasteiger partial charge in [0.25, 0.3) is 0 Å². The number of hydrogen-bond donors (Lipinski definition) is 0. The van der Waals surface area contributed by atoms with E-state index >= 15 is 0 Å². The molecule has 2 fully saturated rings. The highest BCUT2D eigenvalue weighted by molar-refractivity contribution is 5.68. The summed E-state index contributed by atoms with van der Waals surface area (Å²) < 4.78 is 50.6. The van der Waals surface area contributed by atoms with Crippen molar-refractivity contribution in [2.24, 2.45) is 0 Å². The first kappa shape index (κ1) is 32.1. The zero-order valence-electron chi connectivity index (χ0n) is 23.0. The van der Waals surface area contributed by atoms with Gasteiger partial charge in [-0.25, -0.2) is 0 Å². The average molecular weight is 561 g/mol. The highest BCUT2D eigenvalue weighted by atomic mass is 16.8. The maximum Gasteiger partial charge on any atom is 0.305 e. The fourth-order valence-electron chi connectivity index (χ4n) is 4.36. The summed E-state index contributed by atoms with van der Waals surface area (Å²) in [5.41, 5.74) is 0. The van der Waals surface area contributed by atoms with Crippen molar-refractivity contribution in [3.8, 4) is 0 Å². The summed E-state index contributed by atoms with van der Waals surface area (Å²) in [4.78, 5) is 59.3. The van der Waals surface area contributed by atoms with E-state index in [9.17, 15) is 24.0 Å². The first-order valence-electron chi connectivity index (χ1n) is 12.3. The molecule has 0 bridgehead atoms. The molecule has 2 rings (SSSR count). The van der Waals surface area contributed by atoms with E-state index in [0.29, 0.717) is 0 Å². The summed E-state index contributed by atoms with van der Waals surface area (Å²) in [6, 6.07) is 0. The molecule has 2 aliphatic heterocycles. The van der Waals surface area contributed by atoms with Gasteiger partial charge in [-0.15, -0.1) is 6.58 Å². The minimum absolute atomic E-state index is 0.000216. The van der Waals surface area contributed by atoms with Crippen molar-refractivity contribution >= 4 is 29.8 Å². The topological polar surface area (TPSA) is 168 Å². The van der Waals surface area contributed by atoms with Crippen molar-refractivity contribution < 1.29 is 66.6 Å². The number of carbonyl (C=O) groups excluding carboxylic acids is 5. The second-order valence-corrected chi connectivity index (χ2v) is 9.01. The Morgan fingerprint density at radius 3 is 1.77 bits per heavy atom. The number of ether oxygens (including phenoxy) is 9. The number of rotatable bonds is 11. The summed E-state index contributed by atoms with van der Waals surface area (Å²) >= 11 is 0. The van der Waals surface area contributed by atoms with E-state index < -0.39 is 91.3 Å². The molecule has 2 heterocycles. The van der Waals surface area contributed by atoms with E-state index in [1.807, 2.05) is 0 Å². The smallest absolute Gasteiger partial charge is 0.305 e. The molecule has 0 N–H and O–H groups in total. The lowest BCUT2D eigenvalue weighted by Crippen LogP contribution is -2.62. The van der Waals surface area contributed by atoms with Gasteiger partial charge in [0.05, 0.1) is 12.7 Å². The molecule has 0 amide bonds. The van der Waals surface area contributed by atoms with Crippen molar-refractivity contribution in [3.63, 3.8) is 0 Å². The summed E-state index contributed by atoms with van der Waals surface area (Å²) in [5, 5.41) is 0. The van der Waals surface area contributed by atoms with Crippen molar-refractivity contribution in [1.29, 1.82) is 0 Å². The van der Waals surface area contributed by atoms with E-state index in [1.165, 1.54) is 26.8 Å². The molecule has 0 saturated carbocycles. The van der Waals surface area contributed by atoms with E-state index in [-0.39, 0.29) is 6.61 Å². The molecular weight excluding hydrogens is 524 g/mol. The number of carbonyl (C=O) groups is 5. The molecule has 39 heavy (non-hydrogen) atoms. The second kappa shape index (κ2) is 14.4. The molecule has 0 radical (unpaired) electrons. The molecule has 0 aromatic carbocycles. The third kappa shape index (κ3) is 8.98. The van der Waals surface area contributed by atoms with Gasteiger partial charge in [0.2, 0.25) is 6.29 Å². The van der Waals surface area contributed by atoms with Crippen molar-refractivity contribution in [1.82, 2.24) is 0 Å². The maximum atomic E-state index is 12.1. The monoisotopic (exact) mass is 560 g/mol. The maximum absolute atomic E-state index is 12.1. The summed E-state index contributed by atoms with van der Waals surface area (Å²) in [6.07, 6.45) is -10.2. The van der Waals surface area contributed by atoms with Crippen molar-refractivity contribution in [3.05, 3.63) is 12.7 Å². The molecule has 0 spiro atoms. The molecule has 0 aromatic rings. The summed E-state index contributed by atoms with van der Waals surface area (Å²) in [7, 11) is 0. The Morgan fingerprint density at radius 1 is 0.718 bits per heavy atom. The Bertz CT molecular complexity index is 918. The van der Waals surface area contributed by atoms with Crippen LogP contribution in [0.15, 0.2) is 12.7 Å². The number of esters is 5. The largest absolute Gasteiger partial charge is 0.460 e. The molecule has 0 aliphatic carbocycles. The molecule has 14 heteroatoms. The van der Waals surface area contributed by atoms with Crippen LogP contribution in [0.5, 0.6) is 0 Å². The Hall–Kier alpha value is -3.07. The van der Waals surface area contributed by atoms with Gasteiger partial charge >= 0.3 is 29.8 Å². The van der Waals surface area contributed by atoms with Gasteiger partial charge in [-0.1, -0.05) is 6.08 Å². The van der Waals surface area contributed by atoms with Crippen LogP contribution in [0.25, 0.3) is 0 Å². The van der Waals surface area contributed by atoms with Gasteiger partial charge in [-0.05, 0) is 13.8 Å². The van der Waals surface area contributed by atoms with Gasteiger partial charge in [0.15, 0.2) is 24.6 Å². The lowest BCUT2D eigenvalue weighted by Gasteiger charge is -2.44. The average Bonchev–Trinajstić information content (AvgIpc) is 3.12. The Labute approximate surface area is 226 Å². The lowest BCUT2D eigenvalue weighted by molar-refractivity contribution is -0.318. The molecule has 2 saturated heterocycles. The second-order valence-electron chi connectivity index (χ2n) is 9.01. The predicted octanol–water partition coefficient (Wildman–Crippen LogP) is 0.722. The van der Waals surface area contributed by atoms with E-state index in [1.54, 1.807) is 6.92 Å². The summed E-state index contributed by atoms with van der Waals surface area (Å²) in [5.74, 6) is -3.48. The highest BCUT2D eigenvalue weighted by Gasteiger charge is 2.56. The van der Waals surface area contributed by atoms with E-state index in [4.69, 9.17) is 42.6 Å². The van der Waals surface area contributed by atoms with Gasteiger partial charge < -0.3 is 42.6 Å². The van der Waals surface area contributed by atoms with Crippen LogP contribution < -0.4 is 0 Å². The third-order valence-electron chi connectivity index (χ3n) is 5.63. The standard InChI is InChI=1S/C25H36O14/c1-9-10-31-22-20(19(11(2)32-13(4)26)38-24(22)37-17(8)30)39-25-23(36-16(7)29)21(35-15(6)28)18(12(3)33-25)34-14(5)27/h9,11-12,18-25H,1,10H2,2-8H3/t11-,12-,18-,19-,20+,21+,22+,23+,24+,25-/m0/s1. The van der Waals surface area contributed by atoms with Crippen LogP contribution in [-0.4, -0.2) is 97.9 Å². The van der Waals surface area contributed by atoms with Crippen LogP contribution in [-0.2, 0) is 66.6 Å². The van der Waals surface area contributed by atoms with E-state index in [0.717, 1.165) is 20.8 Å². The summed E-state index contributed by atoms with van der Waals surface area (Å²) in [6.45, 7) is 12.5. The minimum atomic E-state index is -1.42. The molecular formula is C25H36O14. The Balaban J connectivity index is 2.51. The van der Waals surface area contributed by atoms with Crippen molar-refractivity contribution in [2.45, 2.75) is 110 Å². The fourth-order valence-corrected chi connectivity index (χ4v) is 4.36. The SMILES string of the molecule is C=CCO[C@H]1[C@H](OC(C)=O)O[C@@H]([C@H](C)OC(C)=O)[C@H]1O[C@@H]1O[C@@H](C)[C@H](OC(C)=O)[C@@H](OC(C)=O)[C@H]1OC(C)=O. The van der Waals surface area contributed by atoms with Gasteiger partial charge in [0, 0.05) is 34.6 Å². The van der Waals surface area contributed by atoms with Crippen LogP contribution in [0, 0.1) is 0 Å². The third-order valence-corrected chi connectivity index (χ3v) is 5.63. The first-order valence-corrected chi connectivity index (χ1v) is 12.3. The van der Waals surface area contributed by atoms with Gasteiger partial charge in [-0.2, -0.15) is 0 Å². The lowest BCUT2D eigenvalue weighted by atomic mass is 9.98. The van der Waals surface area contributed by atoms with Crippen LogP contribution >= 0.6 is 0 Å². The molecule has 0 aromatic heterocycles. The minimum Gasteiger partial charge on any atom is -0.460 e. The fraction of sp³-hybridized carbons (Fsp3) is 0.720. The van der Waals surface area contributed by atoms with Crippen LogP contribution in [0.1, 0.15) is 48.5 Å². The Kier molecular flexibility index (Phi) is 11.8. The van der Waals surface area contributed by atoms with Crippen LogP contribution in [0.3, 0.4) is 0 Å². The molecule has 2 aliphatic rings. The normalized spacial score (nSPS) is 32.8.